The summed E-state index contributed by atoms with van der Waals surface area (Å²) in [5.41, 5.74) is 1.23. The lowest BCUT2D eigenvalue weighted by molar-refractivity contribution is -0.140. The van der Waals surface area contributed by atoms with Crippen molar-refractivity contribution in [2.24, 2.45) is 0 Å². The van der Waals surface area contributed by atoms with Gasteiger partial charge in [0.25, 0.3) is 11.7 Å². The Balaban J connectivity index is 2.06. The minimum atomic E-state index is -0.696. The first kappa shape index (κ1) is 24.8. The zero-order valence-corrected chi connectivity index (χ0v) is 20.1. The molecule has 2 aromatic carbocycles. The fourth-order valence-electron chi connectivity index (χ4n) is 4.00. The van der Waals surface area contributed by atoms with E-state index in [0.717, 1.165) is 25.1 Å². The number of ether oxygens (including phenoxy) is 1. The Morgan fingerprint density at radius 1 is 1.09 bits per heavy atom. The van der Waals surface area contributed by atoms with E-state index < -0.39 is 17.7 Å². The number of carbonyl (C=O) groups excluding carboxylic acids is 2. The van der Waals surface area contributed by atoms with Gasteiger partial charge in [0.1, 0.15) is 11.5 Å². The Labute approximate surface area is 200 Å². The molecule has 176 valence electrons. The molecule has 0 spiro atoms. The number of likely N-dealkylation sites (N-methyl/N-ethyl adjacent to an activating group) is 1. The van der Waals surface area contributed by atoms with Gasteiger partial charge in [-0.3, -0.25) is 9.59 Å². The molecular formula is C26H31ClN2O4. The highest BCUT2D eigenvalue weighted by Gasteiger charge is 2.45. The lowest BCUT2D eigenvalue weighted by atomic mass is 9.95. The molecule has 0 radical (unpaired) electrons. The van der Waals surface area contributed by atoms with E-state index in [2.05, 4.69) is 18.7 Å². The summed E-state index contributed by atoms with van der Waals surface area (Å²) in [7, 11) is 0. The summed E-state index contributed by atoms with van der Waals surface area (Å²) in [6, 6.07) is 13.3. The highest BCUT2D eigenvalue weighted by molar-refractivity contribution is 6.46. The van der Waals surface area contributed by atoms with Crippen LogP contribution in [0.3, 0.4) is 0 Å². The number of aliphatic hydroxyl groups is 1. The minimum Gasteiger partial charge on any atom is -0.507 e. The molecule has 7 heteroatoms. The number of ketones is 1. The fourth-order valence-corrected chi connectivity index (χ4v) is 4.13. The van der Waals surface area contributed by atoms with Crippen molar-refractivity contribution < 1.29 is 19.4 Å². The number of halogens is 1. The van der Waals surface area contributed by atoms with Crippen LogP contribution in [0.15, 0.2) is 54.1 Å². The Morgan fingerprint density at radius 3 is 2.42 bits per heavy atom. The van der Waals surface area contributed by atoms with Crippen molar-refractivity contribution in [3.05, 3.63) is 70.3 Å². The average molecular weight is 471 g/mol. The number of rotatable bonds is 10. The summed E-state index contributed by atoms with van der Waals surface area (Å²) in [6.45, 7) is 9.36. The van der Waals surface area contributed by atoms with Crippen LogP contribution in [0.4, 0.5) is 0 Å². The second kappa shape index (κ2) is 11.3. The molecule has 1 unspecified atom stereocenters. The summed E-state index contributed by atoms with van der Waals surface area (Å²) >= 11 is 6.08. The first-order valence-corrected chi connectivity index (χ1v) is 11.8. The van der Waals surface area contributed by atoms with Crippen LogP contribution in [0.5, 0.6) is 5.75 Å². The molecular weight excluding hydrogens is 440 g/mol. The Morgan fingerprint density at radius 2 is 1.79 bits per heavy atom. The van der Waals surface area contributed by atoms with Gasteiger partial charge in [-0.25, -0.2) is 0 Å². The molecule has 0 bridgehead atoms. The van der Waals surface area contributed by atoms with Crippen LogP contribution < -0.4 is 4.74 Å². The Bertz CT molecular complexity index is 1020. The number of likely N-dealkylation sites (tertiary alicyclic amines) is 1. The lowest BCUT2D eigenvalue weighted by Crippen LogP contribution is -2.38. The van der Waals surface area contributed by atoms with Crippen molar-refractivity contribution in [2.75, 3.05) is 32.8 Å². The Kier molecular flexibility index (Phi) is 8.53. The molecule has 0 aromatic heterocycles. The highest BCUT2D eigenvalue weighted by Crippen LogP contribution is 2.39. The van der Waals surface area contributed by atoms with Gasteiger partial charge in [-0.15, -0.1) is 0 Å². The minimum absolute atomic E-state index is 0.0783. The number of hydrogen-bond acceptors (Lipinski definition) is 5. The molecule has 1 aliphatic heterocycles. The standard InChI is InChI=1S/C26H31ClN2O4/c1-4-16-33-21-9-7-8-19(17-21)24(30)22-23(18-10-12-20(27)13-11-18)29(26(32)25(22)31)15-14-28(5-2)6-3/h7-13,17,23,30H,4-6,14-16H2,1-3H3. The van der Waals surface area contributed by atoms with E-state index in [9.17, 15) is 14.7 Å². The van der Waals surface area contributed by atoms with Crippen molar-refractivity contribution in [3.63, 3.8) is 0 Å². The van der Waals surface area contributed by atoms with Crippen LogP contribution in [-0.2, 0) is 9.59 Å². The van der Waals surface area contributed by atoms with Gasteiger partial charge in [-0.2, -0.15) is 0 Å². The van der Waals surface area contributed by atoms with Crippen molar-refractivity contribution in [1.82, 2.24) is 9.80 Å². The molecule has 1 saturated heterocycles. The van der Waals surface area contributed by atoms with E-state index in [4.69, 9.17) is 16.3 Å². The van der Waals surface area contributed by atoms with Gasteiger partial charge in [-0.1, -0.05) is 56.6 Å². The SMILES string of the molecule is CCCOc1cccc(C(O)=C2C(=O)C(=O)N(CCN(CC)CC)C2c2ccc(Cl)cc2)c1. The molecule has 1 N–H and O–H groups in total. The Hall–Kier alpha value is -2.83. The van der Waals surface area contributed by atoms with Gasteiger partial charge in [0.05, 0.1) is 18.2 Å². The van der Waals surface area contributed by atoms with Gasteiger partial charge in [0.2, 0.25) is 0 Å². The van der Waals surface area contributed by atoms with E-state index in [1.807, 2.05) is 6.92 Å². The fraction of sp³-hybridized carbons (Fsp3) is 0.385. The largest absolute Gasteiger partial charge is 0.507 e. The number of hydrogen-bond donors (Lipinski definition) is 1. The molecule has 33 heavy (non-hydrogen) atoms. The van der Waals surface area contributed by atoms with Crippen LogP contribution in [0.2, 0.25) is 5.02 Å². The molecule has 0 aliphatic carbocycles. The van der Waals surface area contributed by atoms with E-state index in [0.29, 0.717) is 36.0 Å². The van der Waals surface area contributed by atoms with Crippen LogP contribution in [-0.4, -0.2) is 59.4 Å². The van der Waals surface area contributed by atoms with Gasteiger partial charge in [0.15, 0.2) is 0 Å². The molecule has 1 amide bonds. The van der Waals surface area contributed by atoms with Crippen molar-refractivity contribution >= 4 is 29.1 Å². The number of carbonyl (C=O) groups is 2. The van der Waals surface area contributed by atoms with Gasteiger partial charge < -0.3 is 19.6 Å². The van der Waals surface area contributed by atoms with Crippen LogP contribution in [0.25, 0.3) is 5.76 Å². The molecule has 1 aliphatic rings. The third kappa shape index (κ3) is 5.57. The average Bonchev–Trinajstić information content (AvgIpc) is 3.08. The molecule has 3 rings (SSSR count). The normalized spacial score (nSPS) is 17.7. The summed E-state index contributed by atoms with van der Waals surface area (Å²) < 4.78 is 5.68. The molecule has 0 saturated carbocycles. The number of nitrogens with zero attached hydrogens (tertiary/aromatic N) is 2. The molecule has 2 aromatic rings. The maximum absolute atomic E-state index is 13.1. The first-order chi connectivity index (χ1) is 15.9. The maximum Gasteiger partial charge on any atom is 0.295 e. The summed E-state index contributed by atoms with van der Waals surface area (Å²) in [6.07, 6.45) is 0.852. The number of benzene rings is 2. The lowest BCUT2D eigenvalue weighted by Gasteiger charge is -2.28. The van der Waals surface area contributed by atoms with Crippen LogP contribution in [0, 0.1) is 0 Å². The second-order valence-electron chi connectivity index (χ2n) is 7.95. The zero-order valence-electron chi connectivity index (χ0n) is 19.4. The van der Waals surface area contributed by atoms with Crippen molar-refractivity contribution in [2.45, 2.75) is 33.2 Å². The summed E-state index contributed by atoms with van der Waals surface area (Å²) in [4.78, 5) is 29.9. The molecule has 6 nitrogen and oxygen atoms in total. The first-order valence-electron chi connectivity index (χ1n) is 11.4. The molecule has 1 fully saturated rings. The monoisotopic (exact) mass is 470 g/mol. The van der Waals surface area contributed by atoms with Crippen molar-refractivity contribution in [1.29, 1.82) is 0 Å². The summed E-state index contributed by atoms with van der Waals surface area (Å²) in [5, 5.41) is 11.8. The van der Waals surface area contributed by atoms with Gasteiger partial charge in [0, 0.05) is 23.7 Å². The third-order valence-corrected chi connectivity index (χ3v) is 6.11. The van der Waals surface area contributed by atoms with E-state index >= 15 is 0 Å². The van der Waals surface area contributed by atoms with Crippen LogP contribution in [0.1, 0.15) is 44.4 Å². The molecule has 1 heterocycles. The summed E-state index contributed by atoms with van der Waals surface area (Å²) in [5.74, 6) is -0.908. The number of aliphatic hydroxyl groups excluding tert-OH is 1. The molecule has 1 atom stereocenters. The van der Waals surface area contributed by atoms with E-state index in [1.165, 1.54) is 0 Å². The van der Waals surface area contributed by atoms with E-state index in [1.54, 1.807) is 53.4 Å². The quantitative estimate of drug-likeness (QED) is 0.304. The van der Waals surface area contributed by atoms with E-state index in [-0.39, 0.29) is 11.3 Å². The smallest absolute Gasteiger partial charge is 0.295 e. The predicted octanol–water partition coefficient (Wildman–Crippen LogP) is 4.89. The van der Waals surface area contributed by atoms with Crippen molar-refractivity contribution in [3.8, 4) is 5.75 Å². The third-order valence-electron chi connectivity index (χ3n) is 5.86. The van der Waals surface area contributed by atoms with Gasteiger partial charge in [-0.05, 0) is 49.3 Å². The zero-order chi connectivity index (χ0) is 24.0. The van der Waals surface area contributed by atoms with Crippen LogP contribution >= 0.6 is 11.6 Å². The van der Waals surface area contributed by atoms with Gasteiger partial charge >= 0.3 is 0 Å². The second-order valence-corrected chi connectivity index (χ2v) is 8.38. The number of Topliss-reactive ketones (excluding diaryl/α,β-unsaturated/α-hetero) is 1. The maximum atomic E-state index is 13.1. The topological polar surface area (TPSA) is 70.1 Å². The highest BCUT2D eigenvalue weighted by atomic mass is 35.5. The predicted molar refractivity (Wildman–Crippen MR) is 130 cm³/mol. The number of amides is 1.